The molecule has 0 heterocycles. The van der Waals surface area contributed by atoms with Gasteiger partial charge < -0.3 is 10.6 Å². The molecule has 0 aromatic heterocycles. The van der Waals surface area contributed by atoms with Gasteiger partial charge in [0.2, 0.25) is 10.0 Å². The lowest BCUT2D eigenvalue weighted by Gasteiger charge is -2.16. The average molecular weight is 380 g/mol. The van der Waals surface area contributed by atoms with Crippen LogP contribution in [0.15, 0.2) is 6.07 Å². The molecule has 2 aliphatic carbocycles. The molecule has 6 nitrogen and oxygen atoms in total. The van der Waals surface area contributed by atoms with Crippen LogP contribution < -0.4 is 15.4 Å². The fraction of sp³-hybridized carbons (Fsp3) is 0.632. The standard InChI is InChI=1S/C19H29N3O3S/c1-13(2)20-10-5-11-26(24,25)22-19(23)21-18-16-8-3-6-14(16)12-15-7-4-9-17(15)18/h12-13,20H,3-11H2,1-2H3,(H2,21,22,23). The Bertz CT molecular complexity index is 755. The van der Waals surface area contributed by atoms with Gasteiger partial charge in [-0.05, 0) is 73.7 Å². The number of urea groups is 1. The average Bonchev–Trinajstić information content (AvgIpc) is 3.19. The summed E-state index contributed by atoms with van der Waals surface area (Å²) in [7, 11) is -3.63. The van der Waals surface area contributed by atoms with E-state index in [9.17, 15) is 13.2 Å². The van der Waals surface area contributed by atoms with Gasteiger partial charge in [-0.15, -0.1) is 0 Å². The summed E-state index contributed by atoms with van der Waals surface area (Å²) < 4.78 is 26.5. The minimum absolute atomic E-state index is 0.0643. The molecular weight excluding hydrogens is 350 g/mol. The number of aryl methyl sites for hydroxylation is 2. The van der Waals surface area contributed by atoms with Crippen LogP contribution in [-0.2, 0) is 35.7 Å². The topological polar surface area (TPSA) is 87.3 Å². The van der Waals surface area contributed by atoms with Crippen LogP contribution in [0.5, 0.6) is 0 Å². The Morgan fingerprint density at radius 3 is 2.27 bits per heavy atom. The van der Waals surface area contributed by atoms with Crippen molar-refractivity contribution in [1.82, 2.24) is 10.0 Å². The summed E-state index contributed by atoms with van der Waals surface area (Å²) in [5, 5.41) is 6.04. The van der Waals surface area contributed by atoms with E-state index in [-0.39, 0.29) is 5.75 Å². The van der Waals surface area contributed by atoms with E-state index < -0.39 is 16.1 Å². The van der Waals surface area contributed by atoms with Crippen molar-refractivity contribution in [1.29, 1.82) is 0 Å². The summed E-state index contributed by atoms with van der Waals surface area (Å²) >= 11 is 0. The van der Waals surface area contributed by atoms with Gasteiger partial charge in [-0.25, -0.2) is 17.9 Å². The van der Waals surface area contributed by atoms with Gasteiger partial charge in [0.15, 0.2) is 0 Å². The SMILES string of the molecule is CC(C)NCCCS(=O)(=O)NC(=O)Nc1c2c(cc3c1CCC3)CCC2. The zero-order valence-corrected chi connectivity index (χ0v) is 16.5. The van der Waals surface area contributed by atoms with Gasteiger partial charge in [0.05, 0.1) is 5.75 Å². The molecule has 0 bridgehead atoms. The lowest BCUT2D eigenvalue weighted by Crippen LogP contribution is -2.37. The molecule has 144 valence electrons. The van der Waals surface area contributed by atoms with E-state index in [4.69, 9.17) is 0 Å². The van der Waals surface area contributed by atoms with Crippen LogP contribution in [-0.4, -0.2) is 32.8 Å². The molecule has 0 atom stereocenters. The van der Waals surface area contributed by atoms with Crippen molar-refractivity contribution < 1.29 is 13.2 Å². The molecule has 2 aliphatic rings. The van der Waals surface area contributed by atoms with Gasteiger partial charge in [0.25, 0.3) is 0 Å². The first-order valence-corrected chi connectivity index (χ1v) is 11.2. The Balaban J connectivity index is 1.64. The third-order valence-electron chi connectivity index (χ3n) is 5.10. The van der Waals surface area contributed by atoms with Crippen molar-refractivity contribution in [3.8, 4) is 0 Å². The van der Waals surface area contributed by atoms with Crippen molar-refractivity contribution in [2.75, 3.05) is 17.6 Å². The summed E-state index contributed by atoms with van der Waals surface area (Å²) in [5.41, 5.74) is 5.87. The second kappa shape index (κ2) is 7.96. The van der Waals surface area contributed by atoms with Gasteiger partial charge in [0, 0.05) is 11.7 Å². The zero-order chi connectivity index (χ0) is 18.7. The fourth-order valence-electron chi connectivity index (χ4n) is 3.95. The number of hydrogen-bond acceptors (Lipinski definition) is 4. The predicted molar refractivity (Wildman–Crippen MR) is 104 cm³/mol. The van der Waals surface area contributed by atoms with Crippen LogP contribution in [0, 0.1) is 0 Å². The molecule has 0 fully saturated rings. The van der Waals surface area contributed by atoms with Crippen LogP contribution in [0.4, 0.5) is 10.5 Å². The summed E-state index contributed by atoms with van der Waals surface area (Å²) in [6, 6.07) is 1.96. The predicted octanol–water partition coefficient (Wildman–Crippen LogP) is 2.50. The molecule has 0 unspecified atom stereocenters. The van der Waals surface area contributed by atoms with Gasteiger partial charge >= 0.3 is 6.03 Å². The first-order chi connectivity index (χ1) is 12.4. The van der Waals surface area contributed by atoms with Crippen LogP contribution in [0.3, 0.4) is 0 Å². The van der Waals surface area contributed by atoms with Crippen LogP contribution >= 0.6 is 0 Å². The van der Waals surface area contributed by atoms with Crippen molar-refractivity contribution in [2.24, 2.45) is 0 Å². The summed E-state index contributed by atoms with van der Waals surface area (Å²) in [6.45, 7) is 4.63. The van der Waals surface area contributed by atoms with E-state index in [1.165, 1.54) is 22.3 Å². The maximum atomic E-state index is 12.4. The number of sulfonamides is 1. The number of rotatable bonds is 7. The molecular formula is C19H29N3O3S. The largest absolute Gasteiger partial charge is 0.332 e. The molecule has 0 aliphatic heterocycles. The highest BCUT2D eigenvalue weighted by molar-refractivity contribution is 7.90. The highest BCUT2D eigenvalue weighted by Gasteiger charge is 2.25. The third kappa shape index (κ3) is 4.57. The lowest BCUT2D eigenvalue weighted by atomic mass is 9.99. The molecule has 0 radical (unpaired) electrons. The van der Waals surface area contributed by atoms with Crippen molar-refractivity contribution in [2.45, 2.75) is 64.8 Å². The normalized spacial score (nSPS) is 15.8. The van der Waals surface area contributed by atoms with Crippen molar-refractivity contribution in [3.05, 3.63) is 28.3 Å². The Kier molecular flexibility index (Phi) is 5.87. The molecule has 1 aromatic carbocycles. The summed E-state index contributed by atoms with van der Waals surface area (Å²) in [6.07, 6.45) is 6.64. The monoisotopic (exact) mass is 379 g/mol. The second-order valence-corrected chi connectivity index (χ2v) is 9.41. The Morgan fingerprint density at radius 1 is 1.08 bits per heavy atom. The van der Waals surface area contributed by atoms with E-state index >= 15 is 0 Å². The number of amides is 2. The molecule has 3 N–H and O–H groups in total. The Labute approximate surface area is 156 Å². The smallest absolute Gasteiger partial charge is 0.314 e. The molecule has 1 aromatic rings. The first-order valence-electron chi connectivity index (χ1n) is 9.57. The number of hydrogen-bond donors (Lipinski definition) is 3. The number of anilines is 1. The van der Waals surface area contributed by atoms with Gasteiger partial charge in [-0.2, -0.15) is 0 Å². The molecule has 7 heteroatoms. The number of carbonyl (C=O) groups excluding carboxylic acids is 1. The van der Waals surface area contributed by atoms with Crippen LogP contribution in [0.1, 0.15) is 55.4 Å². The maximum Gasteiger partial charge on any atom is 0.332 e. The third-order valence-corrected chi connectivity index (χ3v) is 6.42. The van der Waals surface area contributed by atoms with E-state index in [1.807, 2.05) is 13.8 Å². The van der Waals surface area contributed by atoms with Crippen LogP contribution in [0.2, 0.25) is 0 Å². The Hall–Kier alpha value is -1.60. The van der Waals surface area contributed by atoms with Crippen LogP contribution in [0.25, 0.3) is 0 Å². The number of nitrogens with one attached hydrogen (secondary N) is 3. The molecule has 0 saturated carbocycles. The molecule has 2 amide bonds. The summed E-state index contributed by atoms with van der Waals surface area (Å²) in [4.78, 5) is 12.4. The molecule has 3 rings (SSSR count). The van der Waals surface area contributed by atoms with E-state index in [2.05, 4.69) is 21.4 Å². The quantitative estimate of drug-likeness (QED) is 0.635. The molecule has 26 heavy (non-hydrogen) atoms. The minimum atomic E-state index is -3.63. The second-order valence-electron chi connectivity index (χ2n) is 7.57. The lowest BCUT2D eigenvalue weighted by molar-refractivity contribution is 0.256. The molecule has 0 saturated heterocycles. The fourth-order valence-corrected chi connectivity index (χ4v) is 4.91. The summed E-state index contributed by atoms with van der Waals surface area (Å²) in [5.74, 6) is -0.0643. The van der Waals surface area contributed by atoms with E-state index in [1.54, 1.807) is 0 Å². The van der Waals surface area contributed by atoms with Gasteiger partial charge in [-0.1, -0.05) is 19.9 Å². The van der Waals surface area contributed by atoms with Crippen molar-refractivity contribution >= 4 is 21.7 Å². The van der Waals surface area contributed by atoms with Crippen molar-refractivity contribution in [3.63, 3.8) is 0 Å². The highest BCUT2D eigenvalue weighted by atomic mass is 32.2. The number of fused-ring (bicyclic) bond motifs is 2. The van der Waals surface area contributed by atoms with Gasteiger partial charge in [-0.3, -0.25) is 0 Å². The minimum Gasteiger partial charge on any atom is -0.314 e. The van der Waals surface area contributed by atoms with E-state index in [0.29, 0.717) is 19.0 Å². The zero-order valence-electron chi connectivity index (χ0n) is 15.7. The molecule has 0 spiro atoms. The number of benzene rings is 1. The highest BCUT2D eigenvalue weighted by Crippen LogP contribution is 2.38. The van der Waals surface area contributed by atoms with Gasteiger partial charge in [0.1, 0.15) is 0 Å². The number of carbonyl (C=O) groups is 1. The van der Waals surface area contributed by atoms with E-state index in [0.717, 1.165) is 44.2 Å². The Morgan fingerprint density at radius 2 is 1.69 bits per heavy atom. The maximum absolute atomic E-state index is 12.4. The first kappa shape index (κ1) is 19.2.